The predicted octanol–water partition coefficient (Wildman–Crippen LogP) is 2.80. The number of hydrogen-bond donors (Lipinski definition) is 2. The molecule has 3 aromatic carbocycles. The monoisotopic (exact) mass is 403 g/mol. The SMILES string of the molecule is C[C@@](Cc1ccc2c(c1)OCO2)([NH2+]Cc1ccccc1)C(=O)NCc1ccccc1. The van der Waals surface area contributed by atoms with Gasteiger partial charge in [-0.05, 0) is 23.3 Å². The van der Waals surface area contributed by atoms with Gasteiger partial charge in [-0.15, -0.1) is 0 Å². The zero-order valence-corrected chi connectivity index (χ0v) is 17.1. The Balaban J connectivity index is 1.51. The third-order valence-electron chi connectivity index (χ3n) is 5.45. The van der Waals surface area contributed by atoms with Gasteiger partial charge in [-0.25, -0.2) is 0 Å². The lowest BCUT2D eigenvalue weighted by Gasteiger charge is -2.27. The zero-order chi connectivity index (χ0) is 20.8. The molecular weight excluding hydrogens is 376 g/mol. The Morgan fingerprint density at radius 1 is 0.900 bits per heavy atom. The second-order valence-electron chi connectivity index (χ2n) is 7.84. The van der Waals surface area contributed by atoms with E-state index in [0.29, 0.717) is 13.0 Å². The summed E-state index contributed by atoms with van der Waals surface area (Å²) in [6.07, 6.45) is 0.580. The summed E-state index contributed by atoms with van der Waals surface area (Å²) in [5.74, 6) is 1.50. The van der Waals surface area contributed by atoms with Crippen LogP contribution in [0, 0.1) is 0 Å². The van der Waals surface area contributed by atoms with Crippen LogP contribution < -0.4 is 20.1 Å². The minimum absolute atomic E-state index is 0.0138. The Morgan fingerprint density at radius 2 is 1.57 bits per heavy atom. The van der Waals surface area contributed by atoms with Gasteiger partial charge in [0, 0.05) is 25.5 Å². The molecule has 1 amide bonds. The van der Waals surface area contributed by atoms with E-state index in [2.05, 4.69) is 22.8 Å². The Kier molecular flexibility index (Phi) is 6.00. The number of hydrogen-bond acceptors (Lipinski definition) is 3. The number of quaternary nitrogens is 1. The zero-order valence-electron chi connectivity index (χ0n) is 17.1. The molecule has 154 valence electrons. The first-order valence-electron chi connectivity index (χ1n) is 10.2. The molecule has 0 aliphatic carbocycles. The van der Waals surface area contributed by atoms with E-state index in [0.717, 1.165) is 29.2 Å². The normalized spacial score (nSPS) is 14.2. The van der Waals surface area contributed by atoms with Gasteiger partial charge in [0.1, 0.15) is 6.54 Å². The molecule has 1 aliphatic rings. The van der Waals surface area contributed by atoms with Gasteiger partial charge >= 0.3 is 0 Å². The summed E-state index contributed by atoms with van der Waals surface area (Å²) in [4.78, 5) is 13.3. The molecule has 0 fully saturated rings. The number of nitrogens with two attached hydrogens (primary N) is 1. The Morgan fingerprint density at radius 3 is 2.30 bits per heavy atom. The van der Waals surface area contributed by atoms with Gasteiger partial charge in [0.15, 0.2) is 17.0 Å². The van der Waals surface area contributed by atoms with Crippen molar-refractivity contribution in [2.45, 2.75) is 32.0 Å². The van der Waals surface area contributed by atoms with Crippen molar-refractivity contribution in [1.29, 1.82) is 0 Å². The summed E-state index contributed by atoms with van der Waals surface area (Å²) in [5.41, 5.74) is 2.64. The van der Waals surface area contributed by atoms with Crippen molar-refractivity contribution >= 4 is 5.91 Å². The minimum Gasteiger partial charge on any atom is -0.454 e. The summed E-state index contributed by atoms with van der Waals surface area (Å²) in [7, 11) is 0. The molecule has 0 spiro atoms. The highest BCUT2D eigenvalue weighted by Gasteiger charge is 2.37. The van der Waals surface area contributed by atoms with Crippen molar-refractivity contribution < 1.29 is 19.6 Å². The lowest BCUT2D eigenvalue weighted by molar-refractivity contribution is -0.724. The van der Waals surface area contributed by atoms with Crippen LogP contribution >= 0.6 is 0 Å². The summed E-state index contributed by atoms with van der Waals surface area (Å²) < 4.78 is 10.9. The highest BCUT2D eigenvalue weighted by molar-refractivity contribution is 5.84. The van der Waals surface area contributed by atoms with Crippen LogP contribution in [-0.4, -0.2) is 18.2 Å². The molecule has 1 atom stereocenters. The van der Waals surface area contributed by atoms with Crippen LogP contribution in [0.5, 0.6) is 11.5 Å². The number of ether oxygens (including phenoxy) is 2. The average molecular weight is 404 g/mol. The molecule has 5 nitrogen and oxygen atoms in total. The second kappa shape index (κ2) is 9.01. The molecule has 5 heteroatoms. The molecule has 1 heterocycles. The maximum atomic E-state index is 13.3. The first-order valence-corrected chi connectivity index (χ1v) is 10.2. The Hall–Kier alpha value is -3.31. The van der Waals surface area contributed by atoms with E-state index in [1.165, 1.54) is 5.56 Å². The Labute approximate surface area is 177 Å². The maximum Gasteiger partial charge on any atom is 0.281 e. The molecule has 0 aromatic heterocycles. The second-order valence-corrected chi connectivity index (χ2v) is 7.84. The number of nitrogens with one attached hydrogen (secondary N) is 1. The van der Waals surface area contributed by atoms with Crippen LogP contribution in [0.3, 0.4) is 0 Å². The molecule has 3 N–H and O–H groups in total. The van der Waals surface area contributed by atoms with Crippen LogP contribution in [-0.2, 0) is 24.3 Å². The summed E-state index contributed by atoms with van der Waals surface area (Å²) >= 11 is 0. The molecule has 4 rings (SSSR count). The quantitative estimate of drug-likeness (QED) is 0.608. The summed E-state index contributed by atoms with van der Waals surface area (Å²) in [6, 6.07) is 26.1. The van der Waals surface area contributed by atoms with Gasteiger partial charge in [-0.1, -0.05) is 66.7 Å². The van der Waals surface area contributed by atoms with Crippen LogP contribution in [0.4, 0.5) is 0 Å². The van der Waals surface area contributed by atoms with Gasteiger partial charge in [0.05, 0.1) is 0 Å². The Bertz CT molecular complexity index is 992. The van der Waals surface area contributed by atoms with Crippen LogP contribution in [0.25, 0.3) is 0 Å². The molecular formula is C25H27N2O3+. The van der Waals surface area contributed by atoms with Crippen LogP contribution in [0.1, 0.15) is 23.6 Å². The standard InChI is InChI=1S/C25H26N2O3/c1-25(27-17-20-10-6-3-7-11-20,24(28)26-16-19-8-4-2-5-9-19)15-21-12-13-22-23(14-21)30-18-29-22/h2-14,27H,15-18H2,1H3,(H,26,28)/p+1/t25-/m0/s1. The van der Waals surface area contributed by atoms with E-state index in [1.54, 1.807) is 0 Å². The van der Waals surface area contributed by atoms with E-state index in [-0.39, 0.29) is 12.7 Å². The van der Waals surface area contributed by atoms with Gasteiger partial charge < -0.3 is 20.1 Å². The number of benzene rings is 3. The third kappa shape index (κ3) is 4.81. The largest absolute Gasteiger partial charge is 0.454 e. The average Bonchev–Trinajstić information content (AvgIpc) is 3.25. The number of carbonyl (C=O) groups is 1. The van der Waals surface area contributed by atoms with Crippen LogP contribution in [0.15, 0.2) is 78.9 Å². The van der Waals surface area contributed by atoms with Crippen LogP contribution in [0.2, 0.25) is 0 Å². The molecule has 3 aromatic rings. The van der Waals surface area contributed by atoms with Crippen molar-refractivity contribution in [1.82, 2.24) is 5.32 Å². The fourth-order valence-corrected chi connectivity index (χ4v) is 3.66. The smallest absolute Gasteiger partial charge is 0.281 e. The fourth-order valence-electron chi connectivity index (χ4n) is 3.66. The molecule has 0 unspecified atom stereocenters. The van der Waals surface area contributed by atoms with Crippen molar-refractivity contribution in [3.8, 4) is 11.5 Å². The highest BCUT2D eigenvalue weighted by Crippen LogP contribution is 2.33. The number of fused-ring (bicyclic) bond motifs is 1. The number of amides is 1. The van der Waals surface area contributed by atoms with Crippen molar-refractivity contribution in [2.75, 3.05) is 6.79 Å². The van der Waals surface area contributed by atoms with Gasteiger partial charge in [0.25, 0.3) is 5.91 Å². The van der Waals surface area contributed by atoms with Crippen molar-refractivity contribution in [2.24, 2.45) is 0 Å². The van der Waals surface area contributed by atoms with E-state index in [4.69, 9.17) is 9.47 Å². The first-order chi connectivity index (χ1) is 14.6. The van der Waals surface area contributed by atoms with Crippen molar-refractivity contribution in [3.05, 3.63) is 95.6 Å². The lowest BCUT2D eigenvalue weighted by Crippen LogP contribution is -2.98. The fraction of sp³-hybridized carbons (Fsp3) is 0.240. The molecule has 0 radical (unpaired) electrons. The molecule has 0 saturated carbocycles. The maximum absolute atomic E-state index is 13.3. The highest BCUT2D eigenvalue weighted by atomic mass is 16.7. The van der Waals surface area contributed by atoms with Gasteiger partial charge in [-0.2, -0.15) is 0 Å². The number of carbonyl (C=O) groups excluding carboxylic acids is 1. The van der Waals surface area contributed by atoms with Crippen molar-refractivity contribution in [3.63, 3.8) is 0 Å². The topological polar surface area (TPSA) is 64.2 Å². The number of rotatable bonds is 8. The summed E-state index contributed by atoms with van der Waals surface area (Å²) in [5, 5.41) is 5.24. The molecule has 30 heavy (non-hydrogen) atoms. The van der Waals surface area contributed by atoms with Gasteiger partial charge in [-0.3, -0.25) is 4.79 Å². The van der Waals surface area contributed by atoms with Gasteiger partial charge in [0.2, 0.25) is 6.79 Å². The first kappa shape index (κ1) is 20.0. The minimum atomic E-state index is -0.668. The third-order valence-corrected chi connectivity index (χ3v) is 5.45. The summed E-state index contributed by atoms with van der Waals surface area (Å²) in [6.45, 7) is 3.48. The van der Waals surface area contributed by atoms with E-state index in [9.17, 15) is 4.79 Å². The van der Waals surface area contributed by atoms with E-state index >= 15 is 0 Å². The molecule has 0 saturated heterocycles. The predicted molar refractivity (Wildman–Crippen MR) is 115 cm³/mol. The van der Waals surface area contributed by atoms with E-state index in [1.807, 2.05) is 73.7 Å². The molecule has 1 aliphatic heterocycles. The lowest BCUT2D eigenvalue weighted by atomic mass is 9.91. The van der Waals surface area contributed by atoms with E-state index < -0.39 is 5.54 Å². The molecule has 0 bridgehead atoms.